The standard InChI is InChI=1S/C24H27N3O3/c1-3-5-16-24(19-12-8-6-9-13-19)22(29)27(23(30)25-24)18-21(28)26(17-4-2)20-14-10-7-11-15-20/h4,6-15H,2-3,5,16-18H2,1H3,(H,25,30). The summed E-state index contributed by atoms with van der Waals surface area (Å²) < 4.78 is 0. The maximum Gasteiger partial charge on any atom is 0.325 e. The Hall–Kier alpha value is -3.41. The molecule has 1 N–H and O–H groups in total. The van der Waals surface area contributed by atoms with Gasteiger partial charge in [-0.3, -0.25) is 14.5 Å². The Bertz CT molecular complexity index is 914. The van der Waals surface area contributed by atoms with E-state index < -0.39 is 11.6 Å². The molecule has 2 aromatic carbocycles. The molecular formula is C24H27N3O3. The number of rotatable bonds is 9. The van der Waals surface area contributed by atoms with E-state index in [1.165, 1.54) is 4.90 Å². The monoisotopic (exact) mass is 405 g/mol. The van der Waals surface area contributed by atoms with E-state index in [4.69, 9.17) is 0 Å². The fourth-order valence-electron chi connectivity index (χ4n) is 3.75. The molecule has 1 aliphatic rings. The first kappa shape index (κ1) is 21.3. The fraction of sp³-hybridized carbons (Fsp3) is 0.292. The summed E-state index contributed by atoms with van der Waals surface area (Å²) in [6, 6.07) is 17.8. The highest BCUT2D eigenvalue weighted by Crippen LogP contribution is 2.34. The van der Waals surface area contributed by atoms with Crippen LogP contribution in [-0.4, -0.2) is 35.8 Å². The van der Waals surface area contributed by atoms with Crippen molar-refractivity contribution in [1.82, 2.24) is 10.2 Å². The number of amides is 4. The molecule has 1 atom stereocenters. The second kappa shape index (κ2) is 9.39. The zero-order valence-electron chi connectivity index (χ0n) is 17.2. The first-order chi connectivity index (χ1) is 14.5. The third-order valence-corrected chi connectivity index (χ3v) is 5.32. The third-order valence-electron chi connectivity index (χ3n) is 5.32. The summed E-state index contributed by atoms with van der Waals surface area (Å²) >= 11 is 0. The molecule has 3 rings (SSSR count). The number of benzene rings is 2. The van der Waals surface area contributed by atoms with Crippen LogP contribution >= 0.6 is 0 Å². The average Bonchev–Trinajstić information content (AvgIpc) is 3.02. The van der Waals surface area contributed by atoms with Crippen molar-refractivity contribution in [1.29, 1.82) is 0 Å². The van der Waals surface area contributed by atoms with Crippen molar-refractivity contribution in [3.8, 4) is 0 Å². The molecule has 0 saturated carbocycles. The minimum atomic E-state index is -1.13. The Morgan fingerprint density at radius 2 is 1.73 bits per heavy atom. The molecule has 1 heterocycles. The van der Waals surface area contributed by atoms with Gasteiger partial charge in [-0.15, -0.1) is 6.58 Å². The lowest BCUT2D eigenvalue weighted by molar-refractivity contribution is -0.134. The van der Waals surface area contributed by atoms with E-state index in [0.717, 1.165) is 23.3 Å². The van der Waals surface area contributed by atoms with E-state index in [2.05, 4.69) is 11.9 Å². The molecule has 0 radical (unpaired) electrons. The zero-order valence-corrected chi connectivity index (χ0v) is 17.2. The topological polar surface area (TPSA) is 69.7 Å². The van der Waals surface area contributed by atoms with Crippen LogP contribution in [0.15, 0.2) is 73.3 Å². The Balaban J connectivity index is 1.87. The van der Waals surface area contributed by atoms with E-state index in [-0.39, 0.29) is 24.9 Å². The summed E-state index contributed by atoms with van der Waals surface area (Å²) in [5, 5.41) is 2.88. The SMILES string of the molecule is C=CCN(C(=O)CN1C(=O)NC(CCCC)(c2ccccc2)C1=O)c1ccccc1. The third kappa shape index (κ3) is 4.13. The molecule has 6 nitrogen and oxygen atoms in total. The lowest BCUT2D eigenvalue weighted by Crippen LogP contribution is -2.46. The van der Waals surface area contributed by atoms with Crippen LogP contribution in [0.3, 0.4) is 0 Å². The van der Waals surface area contributed by atoms with Crippen molar-refractivity contribution in [3.63, 3.8) is 0 Å². The van der Waals surface area contributed by atoms with Gasteiger partial charge in [0.25, 0.3) is 5.91 Å². The Labute approximate surface area is 177 Å². The lowest BCUT2D eigenvalue weighted by Gasteiger charge is -2.28. The van der Waals surface area contributed by atoms with Gasteiger partial charge in [-0.1, -0.05) is 74.4 Å². The molecule has 6 heteroatoms. The van der Waals surface area contributed by atoms with Gasteiger partial charge in [-0.2, -0.15) is 0 Å². The Morgan fingerprint density at radius 3 is 2.33 bits per heavy atom. The number of hydrogen-bond donors (Lipinski definition) is 1. The number of carbonyl (C=O) groups is 3. The van der Waals surface area contributed by atoms with Crippen LogP contribution in [0.2, 0.25) is 0 Å². The van der Waals surface area contributed by atoms with Gasteiger partial charge in [0.2, 0.25) is 5.91 Å². The molecule has 0 spiro atoms. The lowest BCUT2D eigenvalue weighted by atomic mass is 9.85. The molecular weight excluding hydrogens is 378 g/mol. The zero-order chi connectivity index (χ0) is 21.6. The van der Waals surface area contributed by atoms with Gasteiger partial charge in [-0.05, 0) is 24.1 Å². The summed E-state index contributed by atoms with van der Waals surface area (Å²) in [6.07, 6.45) is 3.76. The van der Waals surface area contributed by atoms with Gasteiger partial charge in [0.1, 0.15) is 12.1 Å². The predicted octanol–water partition coefficient (Wildman–Crippen LogP) is 3.84. The normalized spacial score (nSPS) is 18.2. The number of nitrogens with one attached hydrogen (secondary N) is 1. The first-order valence-corrected chi connectivity index (χ1v) is 10.2. The summed E-state index contributed by atoms with van der Waals surface area (Å²) in [5.74, 6) is -0.726. The first-order valence-electron chi connectivity index (χ1n) is 10.2. The van der Waals surface area contributed by atoms with Crippen molar-refractivity contribution in [2.75, 3.05) is 18.0 Å². The van der Waals surface area contributed by atoms with Crippen LogP contribution in [0.1, 0.15) is 31.7 Å². The van der Waals surface area contributed by atoms with E-state index in [9.17, 15) is 14.4 Å². The molecule has 30 heavy (non-hydrogen) atoms. The largest absolute Gasteiger partial charge is 0.325 e. The van der Waals surface area contributed by atoms with Crippen LogP contribution in [0.4, 0.5) is 10.5 Å². The van der Waals surface area contributed by atoms with E-state index >= 15 is 0 Å². The number of para-hydroxylation sites is 1. The molecule has 1 unspecified atom stereocenters. The highest BCUT2D eigenvalue weighted by molar-refractivity contribution is 6.10. The molecule has 1 saturated heterocycles. The molecule has 0 bridgehead atoms. The summed E-state index contributed by atoms with van der Waals surface area (Å²) in [6.45, 7) is 5.71. The number of nitrogens with zero attached hydrogens (tertiary/aromatic N) is 2. The Morgan fingerprint density at radius 1 is 1.10 bits per heavy atom. The van der Waals surface area contributed by atoms with E-state index in [1.807, 2.05) is 67.6 Å². The molecule has 0 aliphatic carbocycles. The fourth-order valence-corrected chi connectivity index (χ4v) is 3.75. The molecule has 1 aliphatic heterocycles. The van der Waals surface area contributed by atoms with Gasteiger partial charge < -0.3 is 10.2 Å². The van der Waals surface area contributed by atoms with Crippen molar-refractivity contribution in [2.45, 2.75) is 31.7 Å². The maximum atomic E-state index is 13.4. The number of unbranched alkanes of at least 4 members (excludes halogenated alkanes) is 1. The second-order valence-electron chi connectivity index (χ2n) is 7.32. The smallest absolute Gasteiger partial charge is 0.319 e. The number of hydrogen-bond acceptors (Lipinski definition) is 3. The number of carbonyl (C=O) groups excluding carboxylic acids is 3. The minimum absolute atomic E-state index is 0.284. The maximum absolute atomic E-state index is 13.4. The van der Waals surface area contributed by atoms with Crippen molar-refractivity contribution in [2.24, 2.45) is 0 Å². The number of anilines is 1. The predicted molar refractivity (Wildman–Crippen MR) is 117 cm³/mol. The quantitative estimate of drug-likeness (QED) is 0.509. The van der Waals surface area contributed by atoms with Crippen LogP contribution in [0.5, 0.6) is 0 Å². The highest BCUT2D eigenvalue weighted by Gasteiger charge is 2.52. The minimum Gasteiger partial charge on any atom is -0.319 e. The number of imide groups is 1. The van der Waals surface area contributed by atoms with Gasteiger partial charge in [0.05, 0.1) is 0 Å². The summed E-state index contributed by atoms with van der Waals surface area (Å²) in [7, 11) is 0. The average molecular weight is 405 g/mol. The van der Waals surface area contributed by atoms with Gasteiger partial charge in [-0.25, -0.2) is 4.79 Å². The molecule has 0 aromatic heterocycles. The van der Waals surface area contributed by atoms with E-state index in [0.29, 0.717) is 12.1 Å². The molecule has 4 amide bonds. The summed E-state index contributed by atoms with van der Waals surface area (Å²) in [5.41, 5.74) is 0.289. The van der Waals surface area contributed by atoms with Crippen LogP contribution < -0.4 is 10.2 Å². The van der Waals surface area contributed by atoms with Crippen LogP contribution in [0.25, 0.3) is 0 Å². The van der Waals surface area contributed by atoms with Gasteiger partial charge in [0.15, 0.2) is 0 Å². The second-order valence-corrected chi connectivity index (χ2v) is 7.32. The Kier molecular flexibility index (Phi) is 6.67. The van der Waals surface area contributed by atoms with Crippen molar-refractivity contribution in [3.05, 3.63) is 78.9 Å². The van der Waals surface area contributed by atoms with Gasteiger partial charge >= 0.3 is 6.03 Å². The van der Waals surface area contributed by atoms with E-state index in [1.54, 1.807) is 6.08 Å². The molecule has 2 aromatic rings. The highest BCUT2D eigenvalue weighted by atomic mass is 16.2. The summed E-state index contributed by atoms with van der Waals surface area (Å²) in [4.78, 5) is 41.8. The van der Waals surface area contributed by atoms with Crippen molar-refractivity contribution >= 4 is 23.5 Å². The number of urea groups is 1. The van der Waals surface area contributed by atoms with Crippen LogP contribution in [-0.2, 0) is 15.1 Å². The van der Waals surface area contributed by atoms with Crippen molar-refractivity contribution < 1.29 is 14.4 Å². The molecule has 1 fully saturated rings. The van der Waals surface area contributed by atoms with Gasteiger partial charge in [0, 0.05) is 12.2 Å². The molecule has 156 valence electrons. The van der Waals surface area contributed by atoms with Crippen LogP contribution in [0, 0.1) is 0 Å².